The average molecular weight is 224 g/mol. The van der Waals surface area contributed by atoms with Crippen LogP contribution in [0.3, 0.4) is 0 Å². The summed E-state index contributed by atoms with van der Waals surface area (Å²) < 4.78 is 0. The van der Waals surface area contributed by atoms with Crippen molar-refractivity contribution in [1.82, 2.24) is 0 Å². The molecular formula is C15H28O. The predicted octanol–water partition coefficient (Wildman–Crippen LogP) is 4.62. The van der Waals surface area contributed by atoms with Gasteiger partial charge in [0.1, 0.15) is 0 Å². The molecule has 0 aliphatic carbocycles. The highest BCUT2D eigenvalue weighted by Crippen LogP contribution is 2.09. The Balaban J connectivity index is 2.98. The Labute approximate surface area is 101 Å². The molecule has 0 fully saturated rings. The number of aliphatic hydroxyl groups is 1. The molecule has 16 heavy (non-hydrogen) atoms. The van der Waals surface area contributed by atoms with Crippen molar-refractivity contribution in [3.63, 3.8) is 0 Å². The monoisotopic (exact) mass is 224 g/mol. The Hall–Kier alpha value is -0.560. The van der Waals surface area contributed by atoms with Gasteiger partial charge in [-0.25, -0.2) is 0 Å². The predicted molar refractivity (Wildman–Crippen MR) is 72.6 cm³/mol. The second kappa shape index (κ2) is 14.4. The fourth-order valence-corrected chi connectivity index (χ4v) is 1.70. The van der Waals surface area contributed by atoms with Gasteiger partial charge in [0.25, 0.3) is 0 Å². The lowest BCUT2D eigenvalue weighted by Gasteiger charge is -1.99. The molecular weight excluding hydrogens is 196 g/mol. The molecule has 0 heterocycles. The summed E-state index contributed by atoms with van der Waals surface area (Å²) in [6.07, 6.45) is 18.9. The van der Waals surface area contributed by atoms with Crippen LogP contribution in [0.1, 0.15) is 64.2 Å². The Morgan fingerprint density at radius 1 is 0.688 bits per heavy atom. The molecule has 0 bridgehead atoms. The molecule has 0 aliphatic heterocycles. The summed E-state index contributed by atoms with van der Waals surface area (Å²) in [7, 11) is 0. The second-order valence-electron chi connectivity index (χ2n) is 4.32. The largest absolute Gasteiger partial charge is 0.396 e. The molecule has 94 valence electrons. The molecule has 1 nitrogen and oxygen atoms in total. The van der Waals surface area contributed by atoms with Gasteiger partial charge in [0.15, 0.2) is 0 Å². The Morgan fingerprint density at radius 2 is 1.19 bits per heavy atom. The minimum absolute atomic E-state index is 0.315. The molecule has 0 atom stereocenters. The van der Waals surface area contributed by atoms with Gasteiger partial charge in [-0.2, -0.15) is 0 Å². The van der Waals surface area contributed by atoms with Gasteiger partial charge in [0.05, 0.1) is 0 Å². The van der Waals surface area contributed by atoms with E-state index in [0.29, 0.717) is 6.61 Å². The van der Waals surface area contributed by atoms with Crippen molar-refractivity contribution in [3.8, 4) is 0 Å². The van der Waals surface area contributed by atoms with E-state index in [1.807, 2.05) is 6.08 Å². The van der Waals surface area contributed by atoms with Crippen molar-refractivity contribution in [1.29, 1.82) is 0 Å². The summed E-state index contributed by atoms with van der Waals surface area (Å²) in [5.41, 5.74) is 0. The van der Waals surface area contributed by atoms with Crippen LogP contribution in [0.5, 0.6) is 0 Å². The Kier molecular flexibility index (Phi) is 13.9. The molecule has 0 spiro atoms. The first-order chi connectivity index (χ1) is 7.91. The number of aliphatic hydroxyl groups excluding tert-OH is 1. The zero-order chi connectivity index (χ0) is 11.9. The van der Waals surface area contributed by atoms with Crippen LogP contribution in [0.15, 0.2) is 24.8 Å². The molecule has 0 amide bonds. The van der Waals surface area contributed by atoms with Gasteiger partial charge in [0.2, 0.25) is 0 Å². The normalized spacial score (nSPS) is 11.1. The van der Waals surface area contributed by atoms with Gasteiger partial charge >= 0.3 is 0 Å². The molecule has 0 saturated heterocycles. The van der Waals surface area contributed by atoms with Gasteiger partial charge < -0.3 is 5.11 Å². The molecule has 0 aromatic carbocycles. The first-order valence-electron chi connectivity index (χ1n) is 6.78. The highest BCUT2D eigenvalue weighted by molar-refractivity contribution is 4.81. The van der Waals surface area contributed by atoms with Crippen LogP contribution in [0, 0.1) is 0 Å². The number of rotatable bonds is 12. The van der Waals surface area contributed by atoms with E-state index in [1.165, 1.54) is 51.4 Å². The topological polar surface area (TPSA) is 20.2 Å². The first-order valence-corrected chi connectivity index (χ1v) is 6.78. The maximum atomic E-state index is 8.59. The average Bonchev–Trinajstić information content (AvgIpc) is 2.31. The number of hydrogen-bond donors (Lipinski definition) is 1. The zero-order valence-electron chi connectivity index (χ0n) is 10.7. The fourth-order valence-electron chi connectivity index (χ4n) is 1.70. The highest BCUT2D eigenvalue weighted by atomic mass is 16.2. The lowest BCUT2D eigenvalue weighted by molar-refractivity contribution is 0.289. The molecule has 0 aromatic rings. The van der Waals surface area contributed by atoms with E-state index < -0.39 is 0 Å². The summed E-state index contributed by atoms with van der Waals surface area (Å²) in [5, 5.41) is 8.59. The van der Waals surface area contributed by atoms with Gasteiger partial charge in [-0.1, -0.05) is 43.9 Å². The lowest BCUT2D eigenvalue weighted by atomic mass is 10.1. The van der Waals surface area contributed by atoms with Crippen molar-refractivity contribution in [2.24, 2.45) is 0 Å². The molecule has 0 aliphatic rings. The molecule has 0 unspecified atom stereocenters. The van der Waals surface area contributed by atoms with Crippen molar-refractivity contribution >= 4 is 0 Å². The summed E-state index contributed by atoms with van der Waals surface area (Å²) in [6, 6.07) is 0. The van der Waals surface area contributed by atoms with Crippen LogP contribution in [0.25, 0.3) is 0 Å². The van der Waals surface area contributed by atoms with E-state index >= 15 is 0 Å². The maximum Gasteiger partial charge on any atom is 0.0433 e. The molecule has 0 aromatic heterocycles. The van der Waals surface area contributed by atoms with Gasteiger partial charge in [-0.3, -0.25) is 0 Å². The van der Waals surface area contributed by atoms with Crippen molar-refractivity contribution < 1.29 is 5.11 Å². The van der Waals surface area contributed by atoms with Gasteiger partial charge in [-0.15, -0.1) is 6.58 Å². The summed E-state index contributed by atoms with van der Waals surface area (Å²) in [6.45, 7) is 4.04. The lowest BCUT2D eigenvalue weighted by Crippen LogP contribution is -1.80. The molecule has 1 heteroatoms. The minimum Gasteiger partial charge on any atom is -0.396 e. The molecule has 0 rings (SSSR count). The zero-order valence-corrected chi connectivity index (χ0v) is 10.7. The second-order valence-corrected chi connectivity index (χ2v) is 4.32. The van der Waals surface area contributed by atoms with Gasteiger partial charge in [-0.05, 0) is 38.5 Å². The Bertz CT molecular complexity index is 161. The van der Waals surface area contributed by atoms with Crippen molar-refractivity contribution in [2.45, 2.75) is 64.2 Å². The van der Waals surface area contributed by atoms with Crippen LogP contribution in [-0.2, 0) is 0 Å². The van der Waals surface area contributed by atoms with Crippen LogP contribution in [0.2, 0.25) is 0 Å². The van der Waals surface area contributed by atoms with E-state index in [2.05, 4.69) is 18.7 Å². The third-order valence-electron chi connectivity index (χ3n) is 2.72. The van der Waals surface area contributed by atoms with E-state index in [9.17, 15) is 0 Å². The SMILES string of the molecule is C=CCCCCCCCCC=CCCCO. The quantitative estimate of drug-likeness (QED) is 0.379. The number of unbranched alkanes of at least 4 members (excludes halogenated alkanes) is 8. The van der Waals surface area contributed by atoms with Gasteiger partial charge in [0, 0.05) is 6.61 Å². The van der Waals surface area contributed by atoms with Crippen LogP contribution in [0.4, 0.5) is 0 Å². The molecule has 0 radical (unpaired) electrons. The van der Waals surface area contributed by atoms with E-state index in [4.69, 9.17) is 5.11 Å². The Morgan fingerprint density at radius 3 is 1.75 bits per heavy atom. The van der Waals surface area contributed by atoms with E-state index in [1.54, 1.807) is 0 Å². The third kappa shape index (κ3) is 13.4. The number of allylic oxidation sites excluding steroid dienone is 3. The fraction of sp³-hybridized carbons (Fsp3) is 0.733. The summed E-state index contributed by atoms with van der Waals surface area (Å²) in [5.74, 6) is 0. The standard InChI is InChI=1S/C15H28O/c1-2-3-4-5-6-7-8-9-10-11-12-13-14-15-16/h2,11-12,16H,1,3-10,13-15H2. The smallest absolute Gasteiger partial charge is 0.0433 e. The molecule has 1 N–H and O–H groups in total. The van der Waals surface area contributed by atoms with E-state index in [0.717, 1.165) is 12.8 Å². The summed E-state index contributed by atoms with van der Waals surface area (Å²) in [4.78, 5) is 0. The number of hydrogen-bond acceptors (Lipinski definition) is 1. The third-order valence-corrected chi connectivity index (χ3v) is 2.72. The van der Waals surface area contributed by atoms with Crippen molar-refractivity contribution in [2.75, 3.05) is 6.61 Å². The maximum absolute atomic E-state index is 8.59. The minimum atomic E-state index is 0.315. The van der Waals surface area contributed by atoms with E-state index in [-0.39, 0.29) is 0 Å². The van der Waals surface area contributed by atoms with Crippen molar-refractivity contribution in [3.05, 3.63) is 24.8 Å². The first kappa shape index (κ1) is 15.4. The van der Waals surface area contributed by atoms with Crippen LogP contribution >= 0.6 is 0 Å². The summed E-state index contributed by atoms with van der Waals surface area (Å²) >= 11 is 0. The molecule has 0 saturated carbocycles. The van der Waals surface area contributed by atoms with Crippen LogP contribution < -0.4 is 0 Å². The highest BCUT2D eigenvalue weighted by Gasteiger charge is 1.89. The van der Waals surface area contributed by atoms with Crippen LogP contribution in [-0.4, -0.2) is 11.7 Å².